The van der Waals surface area contributed by atoms with Gasteiger partial charge in [0.25, 0.3) is 0 Å². The zero-order valence-corrected chi connectivity index (χ0v) is 14.0. The summed E-state index contributed by atoms with van der Waals surface area (Å²) in [4.78, 5) is 2.63. The fourth-order valence-electron chi connectivity index (χ4n) is 2.94. The second-order valence-electron chi connectivity index (χ2n) is 6.70. The van der Waals surface area contributed by atoms with E-state index in [1.807, 2.05) is 0 Å². The van der Waals surface area contributed by atoms with Crippen LogP contribution in [-0.4, -0.2) is 31.1 Å². The van der Waals surface area contributed by atoms with Crippen molar-refractivity contribution in [2.24, 2.45) is 5.92 Å². The summed E-state index contributed by atoms with van der Waals surface area (Å²) in [5.41, 5.74) is 2.51. The number of unbranched alkanes of at least 4 members (excludes halogenated alkanes) is 2. The molecule has 2 nitrogen and oxygen atoms in total. The molecule has 1 aliphatic heterocycles. The van der Waals surface area contributed by atoms with Crippen molar-refractivity contribution in [3.63, 3.8) is 0 Å². The predicted octanol–water partition coefficient (Wildman–Crippen LogP) is 4.58. The van der Waals surface area contributed by atoms with Gasteiger partial charge in [-0.15, -0.1) is 0 Å². The minimum atomic E-state index is 0.849. The molecule has 1 saturated heterocycles. The lowest BCUT2D eigenvalue weighted by atomic mass is 9.99. The van der Waals surface area contributed by atoms with Gasteiger partial charge in [0.15, 0.2) is 0 Å². The molecule has 1 heterocycles. The van der Waals surface area contributed by atoms with Crippen molar-refractivity contribution >= 4 is 0 Å². The number of hydrogen-bond acceptors (Lipinski definition) is 2. The molecule has 0 bridgehead atoms. The van der Waals surface area contributed by atoms with Gasteiger partial charge in [0.2, 0.25) is 0 Å². The fourth-order valence-corrected chi connectivity index (χ4v) is 2.94. The molecule has 2 heteroatoms. The fraction of sp³-hybridized carbons (Fsp3) is 0.684. The molecule has 0 unspecified atom stereocenters. The molecule has 0 N–H and O–H groups in total. The molecule has 0 atom stereocenters. The Morgan fingerprint density at radius 1 is 1.10 bits per heavy atom. The van der Waals surface area contributed by atoms with Crippen molar-refractivity contribution in [3.05, 3.63) is 29.3 Å². The van der Waals surface area contributed by atoms with Gasteiger partial charge in [-0.1, -0.05) is 19.1 Å². The maximum absolute atomic E-state index is 5.91. The number of aryl methyl sites for hydroxylation is 2. The molecule has 1 aromatic rings. The van der Waals surface area contributed by atoms with E-state index < -0.39 is 0 Å². The summed E-state index contributed by atoms with van der Waals surface area (Å²) in [6.07, 6.45) is 6.52. The van der Waals surface area contributed by atoms with Crippen LogP contribution in [0.25, 0.3) is 0 Å². The molecule has 0 aromatic heterocycles. The van der Waals surface area contributed by atoms with Crippen molar-refractivity contribution in [2.75, 3.05) is 26.2 Å². The topological polar surface area (TPSA) is 12.5 Å². The van der Waals surface area contributed by atoms with E-state index in [9.17, 15) is 0 Å². The Hall–Kier alpha value is -1.02. The van der Waals surface area contributed by atoms with Crippen LogP contribution < -0.4 is 4.74 Å². The van der Waals surface area contributed by atoms with Crippen LogP contribution in [0.4, 0.5) is 0 Å². The average molecular weight is 289 g/mol. The van der Waals surface area contributed by atoms with Crippen molar-refractivity contribution in [1.82, 2.24) is 4.90 Å². The van der Waals surface area contributed by atoms with Gasteiger partial charge in [-0.3, -0.25) is 0 Å². The molecular weight excluding hydrogens is 258 g/mol. The van der Waals surface area contributed by atoms with Gasteiger partial charge in [0.1, 0.15) is 5.75 Å². The maximum Gasteiger partial charge on any atom is 0.122 e. The summed E-state index contributed by atoms with van der Waals surface area (Å²) in [6.45, 7) is 11.3. The minimum Gasteiger partial charge on any atom is -0.493 e. The molecule has 21 heavy (non-hydrogen) atoms. The third kappa shape index (κ3) is 5.70. The van der Waals surface area contributed by atoms with E-state index in [0.717, 1.165) is 24.7 Å². The first kappa shape index (κ1) is 16.4. The van der Waals surface area contributed by atoms with Crippen LogP contribution in [0.1, 0.15) is 50.2 Å². The largest absolute Gasteiger partial charge is 0.493 e. The number of ether oxygens (including phenoxy) is 1. The van der Waals surface area contributed by atoms with Gasteiger partial charge in [0, 0.05) is 0 Å². The van der Waals surface area contributed by atoms with Crippen LogP contribution in [0.15, 0.2) is 18.2 Å². The van der Waals surface area contributed by atoms with Crippen LogP contribution in [0, 0.1) is 19.8 Å². The van der Waals surface area contributed by atoms with Crippen molar-refractivity contribution < 1.29 is 4.74 Å². The van der Waals surface area contributed by atoms with E-state index in [1.54, 1.807) is 0 Å². The summed E-state index contributed by atoms with van der Waals surface area (Å²) in [5, 5.41) is 0. The zero-order chi connectivity index (χ0) is 15.1. The van der Waals surface area contributed by atoms with Crippen molar-refractivity contribution in [1.29, 1.82) is 0 Å². The Morgan fingerprint density at radius 3 is 2.62 bits per heavy atom. The molecule has 2 rings (SSSR count). The number of benzene rings is 1. The number of nitrogens with zero attached hydrogens (tertiary/aromatic N) is 1. The number of piperidine rings is 1. The smallest absolute Gasteiger partial charge is 0.122 e. The second kappa shape index (κ2) is 8.43. The predicted molar refractivity (Wildman–Crippen MR) is 90.1 cm³/mol. The SMILES string of the molecule is Cc1ccc(C)c(OCCCCCN2CCC(C)CC2)c1. The highest BCUT2D eigenvalue weighted by molar-refractivity contribution is 5.35. The van der Waals surface area contributed by atoms with Gasteiger partial charge in [-0.05, 0) is 88.7 Å². The van der Waals surface area contributed by atoms with Gasteiger partial charge in [0.05, 0.1) is 6.61 Å². The molecule has 1 aliphatic rings. The van der Waals surface area contributed by atoms with Crippen LogP contribution in [0.2, 0.25) is 0 Å². The van der Waals surface area contributed by atoms with E-state index in [2.05, 4.69) is 43.9 Å². The van der Waals surface area contributed by atoms with Gasteiger partial charge in [-0.2, -0.15) is 0 Å². The third-order valence-electron chi connectivity index (χ3n) is 4.60. The van der Waals surface area contributed by atoms with E-state index in [0.29, 0.717) is 0 Å². The lowest BCUT2D eigenvalue weighted by Crippen LogP contribution is -2.33. The summed E-state index contributed by atoms with van der Waals surface area (Å²) in [6, 6.07) is 6.42. The van der Waals surface area contributed by atoms with E-state index in [4.69, 9.17) is 4.74 Å². The molecule has 0 radical (unpaired) electrons. The standard InChI is InChI=1S/C19H31NO/c1-16-9-12-20(13-10-16)11-5-4-6-14-21-19-15-17(2)7-8-18(19)3/h7-8,15-16H,4-6,9-14H2,1-3H3. The average Bonchev–Trinajstić information content (AvgIpc) is 2.48. The number of hydrogen-bond donors (Lipinski definition) is 0. The van der Waals surface area contributed by atoms with Crippen LogP contribution >= 0.6 is 0 Å². The molecule has 0 saturated carbocycles. The summed E-state index contributed by atoms with van der Waals surface area (Å²) in [7, 11) is 0. The van der Waals surface area contributed by atoms with Gasteiger partial charge in [-0.25, -0.2) is 0 Å². The number of likely N-dealkylation sites (tertiary alicyclic amines) is 1. The quantitative estimate of drug-likeness (QED) is 0.681. The molecule has 0 aliphatic carbocycles. The van der Waals surface area contributed by atoms with Crippen LogP contribution in [0.5, 0.6) is 5.75 Å². The van der Waals surface area contributed by atoms with Crippen molar-refractivity contribution in [2.45, 2.75) is 52.9 Å². The molecular formula is C19H31NO. The minimum absolute atomic E-state index is 0.849. The number of rotatable bonds is 7. The Morgan fingerprint density at radius 2 is 1.86 bits per heavy atom. The molecule has 1 fully saturated rings. The maximum atomic E-state index is 5.91. The van der Waals surface area contributed by atoms with Crippen LogP contribution in [-0.2, 0) is 0 Å². The summed E-state index contributed by atoms with van der Waals surface area (Å²) in [5.74, 6) is 1.99. The first-order valence-corrected chi connectivity index (χ1v) is 8.57. The lowest BCUT2D eigenvalue weighted by molar-refractivity contribution is 0.187. The van der Waals surface area contributed by atoms with Gasteiger partial charge < -0.3 is 9.64 Å². The molecule has 0 amide bonds. The molecule has 0 spiro atoms. The third-order valence-corrected chi connectivity index (χ3v) is 4.60. The van der Waals surface area contributed by atoms with E-state index in [-0.39, 0.29) is 0 Å². The highest BCUT2D eigenvalue weighted by Crippen LogP contribution is 2.20. The lowest BCUT2D eigenvalue weighted by Gasteiger charge is -2.30. The highest BCUT2D eigenvalue weighted by atomic mass is 16.5. The first-order valence-electron chi connectivity index (χ1n) is 8.57. The normalized spacial score (nSPS) is 17.1. The highest BCUT2D eigenvalue weighted by Gasteiger charge is 2.14. The summed E-state index contributed by atoms with van der Waals surface area (Å²) >= 11 is 0. The second-order valence-corrected chi connectivity index (χ2v) is 6.70. The first-order chi connectivity index (χ1) is 10.1. The molecule has 1 aromatic carbocycles. The Kier molecular flexibility index (Phi) is 6.56. The summed E-state index contributed by atoms with van der Waals surface area (Å²) < 4.78 is 5.91. The van der Waals surface area contributed by atoms with E-state index >= 15 is 0 Å². The zero-order valence-electron chi connectivity index (χ0n) is 14.0. The van der Waals surface area contributed by atoms with Gasteiger partial charge >= 0.3 is 0 Å². The Balaban J connectivity index is 1.55. The van der Waals surface area contributed by atoms with Crippen LogP contribution in [0.3, 0.4) is 0 Å². The Bertz CT molecular complexity index is 422. The van der Waals surface area contributed by atoms with Crippen molar-refractivity contribution in [3.8, 4) is 5.75 Å². The molecule has 118 valence electrons. The monoisotopic (exact) mass is 289 g/mol. The Labute approximate surface area is 130 Å². The van der Waals surface area contributed by atoms with E-state index in [1.165, 1.54) is 56.4 Å².